The van der Waals surface area contributed by atoms with Gasteiger partial charge in [-0.3, -0.25) is 0 Å². The molecule has 1 fully saturated rings. The maximum atomic E-state index is 13.5. The third-order valence-electron chi connectivity index (χ3n) is 5.29. The Morgan fingerprint density at radius 3 is 2.48 bits per heavy atom. The van der Waals surface area contributed by atoms with Crippen molar-refractivity contribution in [1.29, 1.82) is 0 Å². The molecule has 168 valence electrons. The number of hydrogen-bond donors (Lipinski definition) is 0. The molecule has 2 aliphatic heterocycles. The SMILES string of the molecule is CC1CN(c2ccn(C3=CN(c4ccc(C(F)(F)F)cc4C(F)(F)F)CC3)n2)CCO1. The number of alkyl halides is 6. The minimum absolute atomic E-state index is 0.0700. The predicted octanol–water partition coefficient (Wildman–Crippen LogP) is 4.85. The van der Waals surface area contributed by atoms with Crippen molar-refractivity contribution in [3.8, 4) is 0 Å². The lowest BCUT2D eigenvalue weighted by Gasteiger charge is -2.31. The molecule has 0 N–H and O–H groups in total. The van der Waals surface area contributed by atoms with E-state index in [0.29, 0.717) is 37.9 Å². The van der Waals surface area contributed by atoms with Gasteiger partial charge in [0.15, 0.2) is 5.82 Å². The Labute approximate surface area is 174 Å². The molecule has 31 heavy (non-hydrogen) atoms. The quantitative estimate of drug-likeness (QED) is 0.631. The van der Waals surface area contributed by atoms with E-state index in [1.54, 1.807) is 10.9 Å². The van der Waals surface area contributed by atoms with Crippen LogP contribution in [0.5, 0.6) is 0 Å². The smallest absolute Gasteiger partial charge is 0.375 e. The minimum atomic E-state index is -4.92. The first-order valence-electron chi connectivity index (χ1n) is 9.71. The van der Waals surface area contributed by atoms with Crippen molar-refractivity contribution in [2.45, 2.75) is 31.8 Å². The van der Waals surface area contributed by atoms with Crippen LogP contribution in [0.25, 0.3) is 5.70 Å². The average molecular weight is 446 g/mol. The van der Waals surface area contributed by atoms with Gasteiger partial charge in [-0.2, -0.15) is 31.4 Å². The molecule has 1 aromatic heterocycles. The average Bonchev–Trinajstić information content (AvgIpc) is 3.36. The molecular weight excluding hydrogens is 426 g/mol. The molecule has 4 rings (SSSR count). The highest BCUT2D eigenvalue weighted by atomic mass is 19.4. The lowest BCUT2D eigenvalue weighted by Crippen LogP contribution is -2.41. The second kappa shape index (κ2) is 7.77. The number of benzene rings is 1. The highest BCUT2D eigenvalue weighted by Crippen LogP contribution is 2.42. The lowest BCUT2D eigenvalue weighted by atomic mass is 10.1. The van der Waals surface area contributed by atoms with Crippen molar-refractivity contribution in [3.63, 3.8) is 0 Å². The van der Waals surface area contributed by atoms with Crippen LogP contribution in [0.3, 0.4) is 0 Å². The first-order valence-corrected chi connectivity index (χ1v) is 9.71. The molecular formula is C20H20F6N4O. The highest BCUT2D eigenvalue weighted by molar-refractivity contribution is 5.66. The van der Waals surface area contributed by atoms with Crippen LogP contribution < -0.4 is 9.80 Å². The molecule has 5 nitrogen and oxygen atoms in total. The van der Waals surface area contributed by atoms with Crippen LogP contribution in [0.15, 0.2) is 36.7 Å². The van der Waals surface area contributed by atoms with E-state index in [2.05, 4.69) is 10.00 Å². The second-order valence-electron chi connectivity index (χ2n) is 7.54. The minimum Gasteiger partial charge on any atom is -0.375 e. The normalized spacial score (nSPS) is 20.4. The summed E-state index contributed by atoms with van der Waals surface area (Å²) in [6.07, 6.45) is -6.08. The van der Waals surface area contributed by atoms with Crippen LogP contribution in [0.2, 0.25) is 0 Å². The van der Waals surface area contributed by atoms with Gasteiger partial charge in [-0.05, 0) is 25.1 Å². The van der Waals surface area contributed by atoms with Gasteiger partial charge in [0.05, 0.1) is 35.2 Å². The molecule has 0 bridgehead atoms. The van der Waals surface area contributed by atoms with Crippen molar-refractivity contribution >= 4 is 17.2 Å². The van der Waals surface area contributed by atoms with Crippen LogP contribution in [0.4, 0.5) is 37.8 Å². The molecule has 11 heteroatoms. The first-order chi connectivity index (χ1) is 14.5. The van der Waals surface area contributed by atoms with Crippen LogP contribution in [0.1, 0.15) is 24.5 Å². The highest BCUT2D eigenvalue weighted by Gasteiger charge is 2.39. The molecule has 0 saturated carbocycles. The number of morpholine rings is 1. The van der Waals surface area contributed by atoms with Gasteiger partial charge < -0.3 is 14.5 Å². The summed E-state index contributed by atoms with van der Waals surface area (Å²) in [4.78, 5) is 3.38. The second-order valence-corrected chi connectivity index (χ2v) is 7.54. The van der Waals surface area contributed by atoms with Crippen LogP contribution >= 0.6 is 0 Å². The van der Waals surface area contributed by atoms with Crippen LogP contribution in [-0.4, -0.2) is 42.1 Å². The molecule has 0 amide bonds. The molecule has 2 aliphatic rings. The van der Waals surface area contributed by atoms with Gasteiger partial charge in [-0.25, -0.2) is 4.68 Å². The van der Waals surface area contributed by atoms with Gasteiger partial charge in [-0.1, -0.05) is 0 Å². The third kappa shape index (κ3) is 4.51. The van der Waals surface area contributed by atoms with E-state index in [4.69, 9.17) is 4.74 Å². The monoisotopic (exact) mass is 446 g/mol. The number of hydrogen-bond acceptors (Lipinski definition) is 4. The van der Waals surface area contributed by atoms with E-state index in [1.165, 1.54) is 11.1 Å². The van der Waals surface area contributed by atoms with Gasteiger partial charge in [0, 0.05) is 44.5 Å². The maximum Gasteiger partial charge on any atom is 0.418 e. The van der Waals surface area contributed by atoms with E-state index in [-0.39, 0.29) is 24.4 Å². The van der Waals surface area contributed by atoms with Crippen molar-refractivity contribution in [3.05, 3.63) is 47.8 Å². The topological polar surface area (TPSA) is 33.5 Å². The van der Waals surface area contributed by atoms with Crippen molar-refractivity contribution < 1.29 is 31.1 Å². The summed E-state index contributed by atoms with van der Waals surface area (Å²) in [5, 5.41) is 4.52. The van der Waals surface area contributed by atoms with E-state index in [0.717, 1.165) is 11.9 Å². The number of rotatable bonds is 3. The Morgan fingerprint density at radius 2 is 1.81 bits per heavy atom. The molecule has 3 heterocycles. The number of ether oxygens (including phenoxy) is 1. The Bertz CT molecular complexity index is 981. The van der Waals surface area contributed by atoms with Gasteiger partial charge in [0.2, 0.25) is 0 Å². The predicted molar refractivity (Wildman–Crippen MR) is 103 cm³/mol. The van der Waals surface area contributed by atoms with E-state index < -0.39 is 23.5 Å². The van der Waals surface area contributed by atoms with Crippen LogP contribution in [0, 0.1) is 0 Å². The molecule has 1 aromatic carbocycles. The zero-order chi connectivity index (χ0) is 22.4. The summed E-state index contributed by atoms with van der Waals surface area (Å²) in [6.45, 7) is 4.12. The molecule has 1 atom stereocenters. The molecule has 1 unspecified atom stereocenters. The fourth-order valence-corrected chi connectivity index (χ4v) is 3.77. The molecule has 2 aromatic rings. The summed E-state index contributed by atoms with van der Waals surface area (Å²) < 4.78 is 86.3. The maximum absolute atomic E-state index is 13.5. The Hall–Kier alpha value is -2.69. The zero-order valence-corrected chi connectivity index (χ0v) is 16.5. The Balaban J connectivity index is 1.60. The largest absolute Gasteiger partial charge is 0.418 e. The summed E-state index contributed by atoms with van der Waals surface area (Å²) in [6, 6.07) is 3.52. The summed E-state index contributed by atoms with van der Waals surface area (Å²) in [7, 11) is 0. The number of anilines is 2. The van der Waals surface area contributed by atoms with Crippen molar-refractivity contribution in [2.24, 2.45) is 0 Å². The zero-order valence-electron chi connectivity index (χ0n) is 16.5. The number of aromatic nitrogens is 2. The summed E-state index contributed by atoms with van der Waals surface area (Å²) in [5.41, 5.74) is -2.31. The Kier molecular flexibility index (Phi) is 5.40. The van der Waals surface area contributed by atoms with E-state index >= 15 is 0 Å². The number of nitrogens with zero attached hydrogens (tertiary/aromatic N) is 4. The molecule has 0 aliphatic carbocycles. The van der Waals surface area contributed by atoms with Gasteiger partial charge >= 0.3 is 12.4 Å². The third-order valence-corrected chi connectivity index (χ3v) is 5.29. The van der Waals surface area contributed by atoms with E-state index in [1.807, 2.05) is 13.0 Å². The summed E-state index contributed by atoms with van der Waals surface area (Å²) >= 11 is 0. The fourth-order valence-electron chi connectivity index (χ4n) is 3.77. The standard InChI is InChI=1S/C20H20F6N4O/c1-13-11-29(8-9-31-13)18-5-7-30(27-18)15-4-6-28(12-15)17-3-2-14(19(21,22)23)10-16(17)20(24,25)26/h2-3,5,7,10,12-13H,4,6,8-9,11H2,1H3. The molecule has 0 radical (unpaired) electrons. The van der Waals surface area contributed by atoms with Gasteiger partial charge in [0.1, 0.15) is 0 Å². The van der Waals surface area contributed by atoms with Crippen molar-refractivity contribution in [1.82, 2.24) is 9.78 Å². The first kappa shape index (κ1) is 21.5. The Morgan fingerprint density at radius 1 is 1.03 bits per heavy atom. The lowest BCUT2D eigenvalue weighted by molar-refractivity contribution is -0.142. The molecule has 1 saturated heterocycles. The van der Waals surface area contributed by atoms with Gasteiger partial charge in [0.25, 0.3) is 0 Å². The van der Waals surface area contributed by atoms with Crippen LogP contribution in [-0.2, 0) is 17.1 Å². The van der Waals surface area contributed by atoms with E-state index in [9.17, 15) is 26.3 Å². The number of halogens is 6. The molecule has 0 spiro atoms. The summed E-state index contributed by atoms with van der Waals surface area (Å²) in [5.74, 6) is 0.736. The fraction of sp³-hybridized carbons (Fsp3) is 0.450. The van der Waals surface area contributed by atoms with Crippen molar-refractivity contribution in [2.75, 3.05) is 36.0 Å². The van der Waals surface area contributed by atoms with Gasteiger partial charge in [-0.15, -0.1) is 0 Å².